The largest absolute Gasteiger partial charge is 0.351 e. The summed E-state index contributed by atoms with van der Waals surface area (Å²) in [7, 11) is 0. The maximum atomic E-state index is 12.1. The highest BCUT2D eigenvalue weighted by Crippen LogP contribution is 2.18. The average molecular weight is 273 g/mol. The first kappa shape index (κ1) is 11.7. The van der Waals surface area contributed by atoms with Crippen LogP contribution in [0.4, 0.5) is 5.82 Å². The number of carbonyl (C=O) groups excluding carboxylic acids is 1. The van der Waals surface area contributed by atoms with Gasteiger partial charge in [0.25, 0.3) is 5.91 Å². The predicted octanol–water partition coefficient (Wildman–Crippen LogP) is 2.86. The lowest BCUT2D eigenvalue weighted by Crippen LogP contribution is -2.13. The van der Waals surface area contributed by atoms with Crippen molar-refractivity contribution in [2.24, 2.45) is 0 Å². The highest BCUT2D eigenvalue weighted by atomic mass is 35.5. The molecule has 0 spiro atoms. The molecule has 5 nitrogen and oxygen atoms in total. The summed E-state index contributed by atoms with van der Waals surface area (Å²) in [6, 6.07) is 9.42. The van der Waals surface area contributed by atoms with Crippen molar-refractivity contribution < 1.29 is 4.79 Å². The summed E-state index contributed by atoms with van der Waals surface area (Å²) in [5, 5.41) is 3.74. The molecule has 0 bridgehead atoms. The molecule has 19 heavy (non-hydrogen) atoms. The van der Waals surface area contributed by atoms with Crippen molar-refractivity contribution >= 4 is 34.2 Å². The molecule has 0 unspecified atom stereocenters. The maximum absolute atomic E-state index is 12.1. The minimum absolute atomic E-state index is 0.159. The second kappa shape index (κ2) is 4.70. The minimum atomic E-state index is -0.307. The Morgan fingerprint density at radius 1 is 1.21 bits per heavy atom. The highest BCUT2D eigenvalue weighted by molar-refractivity contribution is 6.32. The van der Waals surface area contributed by atoms with Gasteiger partial charge in [-0.1, -0.05) is 29.8 Å². The number of aromatic amines is 1. The first-order valence-corrected chi connectivity index (χ1v) is 5.97. The number of fused-ring (bicyclic) bond motifs is 1. The molecule has 3 rings (SSSR count). The van der Waals surface area contributed by atoms with Crippen molar-refractivity contribution in [1.82, 2.24) is 15.0 Å². The van der Waals surface area contributed by atoms with E-state index in [1.807, 2.05) is 24.3 Å². The molecule has 94 valence electrons. The van der Waals surface area contributed by atoms with Gasteiger partial charge < -0.3 is 10.3 Å². The fourth-order valence-electron chi connectivity index (χ4n) is 1.78. The lowest BCUT2D eigenvalue weighted by atomic mass is 10.2. The van der Waals surface area contributed by atoms with Crippen molar-refractivity contribution in [1.29, 1.82) is 0 Å². The average Bonchev–Trinajstić information content (AvgIpc) is 2.85. The molecule has 1 amide bonds. The molecule has 0 saturated heterocycles. The van der Waals surface area contributed by atoms with Crippen LogP contribution in [0.15, 0.2) is 42.7 Å². The molecule has 0 radical (unpaired) electrons. The molecule has 1 aromatic carbocycles. The quantitative estimate of drug-likeness (QED) is 0.753. The van der Waals surface area contributed by atoms with Crippen molar-refractivity contribution in [2.75, 3.05) is 5.32 Å². The molecule has 0 saturated carbocycles. The molecule has 0 atom stereocenters. The summed E-state index contributed by atoms with van der Waals surface area (Å²) in [5.41, 5.74) is 1.35. The first-order valence-electron chi connectivity index (χ1n) is 5.59. The monoisotopic (exact) mass is 272 g/mol. The number of aromatic nitrogens is 3. The Hall–Kier alpha value is -2.40. The Morgan fingerprint density at radius 3 is 2.79 bits per heavy atom. The van der Waals surface area contributed by atoms with E-state index in [4.69, 9.17) is 11.6 Å². The molecule has 2 heterocycles. The molecular formula is C13H9ClN4O. The normalized spacial score (nSPS) is 10.6. The number of nitrogens with one attached hydrogen (secondary N) is 2. The van der Waals surface area contributed by atoms with Gasteiger partial charge in [-0.15, -0.1) is 0 Å². The fraction of sp³-hybridized carbons (Fsp3) is 0. The number of nitrogens with zero attached hydrogens (tertiary/aromatic N) is 2. The second-order valence-electron chi connectivity index (χ2n) is 3.92. The van der Waals surface area contributed by atoms with Crippen LogP contribution in [0.1, 0.15) is 10.5 Å². The van der Waals surface area contributed by atoms with Gasteiger partial charge in [-0.05, 0) is 12.1 Å². The Kier molecular flexibility index (Phi) is 2.89. The van der Waals surface area contributed by atoms with Crippen LogP contribution in [0, 0.1) is 0 Å². The summed E-state index contributed by atoms with van der Waals surface area (Å²) < 4.78 is 0. The van der Waals surface area contributed by atoms with E-state index in [0.717, 1.165) is 10.9 Å². The van der Waals surface area contributed by atoms with Crippen LogP contribution < -0.4 is 5.32 Å². The van der Waals surface area contributed by atoms with E-state index in [1.165, 1.54) is 12.4 Å². The Bertz CT molecular complexity index is 720. The number of para-hydroxylation sites is 1. The molecule has 2 aromatic heterocycles. The van der Waals surface area contributed by atoms with Gasteiger partial charge in [0.1, 0.15) is 5.69 Å². The van der Waals surface area contributed by atoms with Gasteiger partial charge >= 0.3 is 0 Å². The number of H-pyrrole nitrogens is 1. The molecule has 3 aromatic rings. The zero-order chi connectivity index (χ0) is 13.2. The summed E-state index contributed by atoms with van der Waals surface area (Å²) in [6.45, 7) is 0. The SMILES string of the molecule is O=C(Nc1nccnc1Cl)c1cc2ccccc2[nH]1. The van der Waals surface area contributed by atoms with Crippen molar-refractivity contribution in [3.63, 3.8) is 0 Å². The van der Waals surface area contributed by atoms with Gasteiger partial charge in [0, 0.05) is 23.3 Å². The van der Waals surface area contributed by atoms with E-state index in [1.54, 1.807) is 6.07 Å². The number of hydrogen-bond donors (Lipinski definition) is 2. The van der Waals surface area contributed by atoms with Gasteiger partial charge in [0.2, 0.25) is 0 Å². The molecule has 6 heteroatoms. The van der Waals surface area contributed by atoms with Crippen molar-refractivity contribution in [3.8, 4) is 0 Å². The first-order chi connectivity index (χ1) is 9.24. The number of benzene rings is 1. The summed E-state index contributed by atoms with van der Waals surface area (Å²) >= 11 is 5.84. The van der Waals surface area contributed by atoms with Gasteiger partial charge in [0.15, 0.2) is 11.0 Å². The summed E-state index contributed by atoms with van der Waals surface area (Å²) in [4.78, 5) is 22.9. The van der Waals surface area contributed by atoms with Crippen LogP contribution in [-0.2, 0) is 0 Å². The standard InChI is InChI=1S/C13H9ClN4O/c14-11-12(16-6-5-15-11)18-13(19)10-7-8-3-1-2-4-9(8)17-10/h1-7,17H,(H,16,18,19). The van der Waals surface area contributed by atoms with Crippen LogP contribution in [0.5, 0.6) is 0 Å². The topological polar surface area (TPSA) is 70.7 Å². The van der Waals surface area contributed by atoms with E-state index < -0.39 is 0 Å². The number of hydrogen-bond acceptors (Lipinski definition) is 3. The van der Waals surface area contributed by atoms with Crippen LogP contribution in [0.25, 0.3) is 10.9 Å². The number of carbonyl (C=O) groups is 1. The molecule has 0 aliphatic rings. The van der Waals surface area contributed by atoms with E-state index in [-0.39, 0.29) is 16.9 Å². The van der Waals surface area contributed by atoms with E-state index >= 15 is 0 Å². The van der Waals surface area contributed by atoms with Crippen LogP contribution in [-0.4, -0.2) is 20.9 Å². The number of rotatable bonds is 2. The van der Waals surface area contributed by atoms with Crippen LogP contribution >= 0.6 is 11.6 Å². The van der Waals surface area contributed by atoms with Gasteiger partial charge in [-0.25, -0.2) is 9.97 Å². The Balaban J connectivity index is 1.90. The van der Waals surface area contributed by atoms with E-state index in [0.29, 0.717) is 5.69 Å². The lowest BCUT2D eigenvalue weighted by Gasteiger charge is -2.03. The number of anilines is 1. The van der Waals surface area contributed by atoms with Crippen LogP contribution in [0.2, 0.25) is 5.15 Å². The Morgan fingerprint density at radius 2 is 2.00 bits per heavy atom. The molecule has 0 fully saturated rings. The maximum Gasteiger partial charge on any atom is 0.273 e. The molecule has 0 aliphatic carbocycles. The third-order valence-electron chi connectivity index (χ3n) is 2.66. The summed E-state index contributed by atoms with van der Waals surface area (Å²) in [6.07, 6.45) is 2.92. The zero-order valence-electron chi connectivity index (χ0n) is 9.72. The Labute approximate surface area is 113 Å². The third-order valence-corrected chi connectivity index (χ3v) is 2.94. The van der Waals surface area contributed by atoms with Gasteiger partial charge in [-0.2, -0.15) is 0 Å². The van der Waals surface area contributed by atoms with Crippen molar-refractivity contribution in [2.45, 2.75) is 0 Å². The smallest absolute Gasteiger partial charge is 0.273 e. The molecule has 0 aliphatic heterocycles. The van der Waals surface area contributed by atoms with E-state index in [9.17, 15) is 4.79 Å². The minimum Gasteiger partial charge on any atom is -0.351 e. The second-order valence-corrected chi connectivity index (χ2v) is 4.28. The molecular weight excluding hydrogens is 264 g/mol. The van der Waals surface area contributed by atoms with Gasteiger partial charge in [-0.3, -0.25) is 4.79 Å². The zero-order valence-corrected chi connectivity index (χ0v) is 10.5. The highest BCUT2D eigenvalue weighted by Gasteiger charge is 2.12. The van der Waals surface area contributed by atoms with E-state index in [2.05, 4.69) is 20.3 Å². The van der Waals surface area contributed by atoms with Crippen molar-refractivity contribution in [3.05, 3.63) is 53.6 Å². The third kappa shape index (κ3) is 2.28. The fourth-order valence-corrected chi connectivity index (χ4v) is 1.93. The summed E-state index contributed by atoms with van der Waals surface area (Å²) in [5.74, 6) is -0.0635. The van der Waals surface area contributed by atoms with Crippen LogP contribution in [0.3, 0.4) is 0 Å². The predicted molar refractivity (Wildman–Crippen MR) is 73.3 cm³/mol. The van der Waals surface area contributed by atoms with Gasteiger partial charge in [0.05, 0.1) is 0 Å². The number of amides is 1. The lowest BCUT2D eigenvalue weighted by molar-refractivity contribution is 0.102. The number of halogens is 1. The molecule has 2 N–H and O–H groups in total.